The number of rotatable bonds is 8. The maximum atomic E-state index is 11.8. The van der Waals surface area contributed by atoms with Crippen molar-refractivity contribution in [1.29, 1.82) is 0 Å². The molecule has 1 aromatic rings. The van der Waals surface area contributed by atoms with Gasteiger partial charge >= 0.3 is 0 Å². The fourth-order valence-electron chi connectivity index (χ4n) is 2.39. The van der Waals surface area contributed by atoms with E-state index >= 15 is 0 Å². The van der Waals surface area contributed by atoms with Gasteiger partial charge in [0.2, 0.25) is 5.91 Å². The predicted octanol–water partition coefficient (Wildman–Crippen LogP) is 2.64. The highest BCUT2D eigenvalue weighted by atomic mass is 16.3. The Bertz CT molecular complexity index is 517. The van der Waals surface area contributed by atoms with Crippen molar-refractivity contribution in [2.75, 3.05) is 27.2 Å². The minimum Gasteiger partial charge on any atom is -0.387 e. The lowest BCUT2D eigenvalue weighted by atomic mass is 10.0. The van der Waals surface area contributed by atoms with Crippen LogP contribution < -0.4 is 5.32 Å². The quantitative estimate of drug-likeness (QED) is 0.775. The van der Waals surface area contributed by atoms with E-state index in [4.69, 9.17) is 0 Å². The Labute approximate surface area is 140 Å². The van der Waals surface area contributed by atoms with Crippen LogP contribution in [0.4, 0.5) is 0 Å². The predicted molar refractivity (Wildman–Crippen MR) is 96.4 cm³/mol. The van der Waals surface area contributed by atoms with Crippen LogP contribution in [0.1, 0.15) is 44.2 Å². The third-order valence-electron chi connectivity index (χ3n) is 3.54. The van der Waals surface area contributed by atoms with Gasteiger partial charge in [0.1, 0.15) is 0 Å². The van der Waals surface area contributed by atoms with Gasteiger partial charge in [-0.15, -0.1) is 0 Å². The first-order valence-electron chi connectivity index (χ1n) is 8.10. The van der Waals surface area contributed by atoms with Gasteiger partial charge in [0.05, 0.1) is 5.60 Å². The second-order valence-corrected chi connectivity index (χ2v) is 6.94. The minimum atomic E-state index is -0.921. The average Bonchev–Trinajstić information content (AvgIpc) is 2.44. The summed E-state index contributed by atoms with van der Waals surface area (Å²) in [4.78, 5) is 13.7. The molecule has 128 valence electrons. The van der Waals surface area contributed by atoms with E-state index in [2.05, 4.69) is 43.4 Å². The van der Waals surface area contributed by atoms with Crippen molar-refractivity contribution in [3.05, 3.63) is 41.5 Å². The summed E-state index contributed by atoms with van der Waals surface area (Å²) in [5.41, 5.74) is 1.47. The molecule has 1 amide bonds. The Kier molecular flexibility index (Phi) is 7.46. The summed E-state index contributed by atoms with van der Waals surface area (Å²) in [5, 5.41) is 12.9. The molecule has 1 unspecified atom stereocenters. The number of carbonyl (C=O) groups excluding carboxylic acids is 1. The topological polar surface area (TPSA) is 52.6 Å². The van der Waals surface area contributed by atoms with Crippen LogP contribution in [0, 0.1) is 0 Å². The Balaban J connectivity index is 2.40. The summed E-state index contributed by atoms with van der Waals surface area (Å²) in [6, 6.07) is 8.35. The van der Waals surface area contributed by atoms with Crippen LogP contribution in [0.3, 0.4) is 0 Å². The summed E-state index contributed by atoms with van der Waals surface area (Å²) >= 11 is 0. The monoisotopic (exact) mass is 318 g/mol. The molecule has 0 spiro atoms. The van der Waals surface area contributed by atoms with Crippen LogP contribution in [-0.4, -0.2) is 48.7 Å². The van der Waals surface area contributed by atoms with Crippen molar-refractivity contribution in [2.45, 2.75) is 38.7 Å². The molecular formula is C19H30N2O2. The van der Waals surface area contributed by atoms with Crippen molar-refractivity contribution in [3.8, 4) is 0 Å². The highest BCUT2D eigenvalue weighted by molar-refractivity contribution is 5.78. The van der Waals surface area contributed by atoms with Crippen molar-refractivity contribution in [2.24, 2.45) is 0 Å². The molecule has 1 aromatic carbocycles. The average molecular weight is 318 g/mol. The number of amides is 1. The molecule has 2 N–H and O–H groups in total. The molecule has 4 nitrogen and oxygen atoms in total. The Morgan fingerprint density at radius 2 is 1.91 bits per heavy atom. The SMILES string of the molecule is CC(C)c1ccc(/C=C/CC(=O)NCC(C)(O)CN(C)C)cc1. The van der Waals surface area contributed by atoms with Crippen LogP contribution >= 0.6 is 0 Å². The van der Waals surface area contributed by atoms with Gasteiger partial charge in [0.15, 0.2) is 0 Å². The summed E-state index contributed by atoms with van der Waals surface area (Å²) in [6.45, 7) is 6.81. The summed E-state index contributed by atoms with van der Waals surface area (Å²) in [6.07, 6.45) is 4.10. The Hall–Kier alpha value is -1.65. The third-order valence-corrected chi connectivity index (χ3v) is 3.54. The van der Waals surface area contributed by atoms with Crippen molar-refractivity contribution in [3.63, 3.8) is 0 Å². The second-order valence-electron chi connectivity index (χ2n) is 6.94. The third kappa shape index (κ3) is 7.95. The molecule has 0 aromatic heterocycles. The molecule has 23 heavy (non-hydrogen) atoms. The van der Waals surface area contributed by atoms with E-state index in [9.17, 15) is 9.90 Å². The molecule has 0 aliphatic heterocycles. The number of likely N-dealkylation sites (N-methyl/N-ethyl adjacent to an activating group) is 1. The van der Waals surface area contributed by atoms with Gasteiger partial charge in [-0.3, -0.25) is 4.79 Å². The lowest BCUT2D eigenvalue weighted by Crippen LogP contribution is -2.47. The largest absolute Gasteiger partial charge is 0.387 e. The van der Waals surface area contributed by atoms with Gasteiger partial charge < -0.3 is 15.3 Å². The molecule has 0 radical (unpaired) electrons. The zero-order valence-electron chi connectivity index (χ0n) is 15.0. The van der Waals surface area contributed by atoms with E-state index in [0.29, 0.717) is 18.9 Å². The maximum absolute atomic E-state index is 11.8. The molecule has 1 atom stereocenters. The Morgan fingerprint density at radius 1 is 1.30 bits per heavy atom. The first-order chi connectivity index (χ1) is 10.7. The lowest BCUT2D eigenvalue weighted by molar-refractivity contribution is -0.121. The van der Waals surface area contributed by atoms with Gasteiger partial charge in [0, 0.05) is 19.5 Å². The number of nitrogens with one attached hydrogen (secondary N) is 1. The molecule has 0 bridgehead atoms. The summed E-state index contributed by atoms with van der Waals surface area (Å²) < 4.78 is 0. The van der Waals surface area contributed by atoms with Crippen LogP contribution in [0.15, 0.2) is 30.3 Å². The fourth-order valence-corrected chi connectivity index (χ4v) is 2.39. The number of carbonyl (C=O) groups is 1. The molecule has 0 saturated carbocycles. The molecule has 0 aliphatic carbocycles. The normalized spacial score (nSPS) is 14.4. The number of hydrogen-bond acceptors (Lipinski definition) is 3. The van der Waals surface area contributed by atoms with Crippen LogP contribution in [0.5, 0.6) is 0 Å². The van der Waals surface area contributed by atoms with Crippen LogP contribution in [0.2, 0.25) is 0 Å². The zero-order chi connectivity index (χ0) is 17.5. The molecule has 0 saturated heterocycles. The Morgan fingerprint density at radius 3 is 2.43 bits per heavy atom. The maximum Gasteiger partial charge on any atom is 0.223 e. The minimum absolute atomic E-state index is 0.0842. The van der Waals surface area contributed by atoms with E-state index < -0.39 is 5.60 Å². The van der Waals surface area contributed by atoms with E-state index in [1.54, 1.807) is 6.92 Å². The highest BCUT2D eigenvalue weighted by Crippen LogP contribution is 2.15. The van der Waals surface area contributed by atoms with Crippen molar-refractivity contribution in [1.82, 2.24) is 10.2 Å². The number of nitrogens with zero attached hydrogens (tertiary/aromatic N) is 1. The molecule has 0 aliphatic rings. The van der Waals surface area contributed by atoms with E-state index in [1.165, 1.54) is 5.56 Å². The molecule has 1 rings (SSSR count). The van der Waals surface area contributed by atoms with E-state index in [1.807, 2.05) is 31.1 Å². The van der Waals surface area contributed by atoms with Crippen LogP contribution in [0.25, 0.3) is 6.08 Å². The number of aliphatic hydroxyl groups is 1. The van der Waals surface area contributed by atoms with Gasteiger partial charge in [-0.1, -0.05) is 50.3 Å². The number of hydrogen-bond donors (Lipinski definition) is 2. The molecule has 4 heteroatoms. The van der Waals surface area contributed by atoms with Gasteiger partial charge in [-0.05, 0) is 38.1 Å². The molecule has 0 heterocycles. The fraction of sp³-hybridized carbons (Fsp3) is 0.526. The van der Waals surface area contributed by atoms with Crippen molar-refractivity contribution >= 4 is 12.0 Å². The summed E-state index contributed by atoms with van der Waals surface area (Å²) in [7, 11) is 3.78. The number of benzene rings is 1. The lowest BCUT2D eigenvalue weighted by Gasteiger charge is -2.26. The zero-order valence-corrected chi connectivity index (χ0v) is 15.0. The van der Waals surface area contributed by atoms with Gasteiger partial charge in [-0.2, -0.15) is 0 Å². The highest BCUT2D eigenvalue weighted by Gasteiger charge is 2.21. The van der Waals surface area contributed by atoms with Crippen molar-refractivity contribution < 1.29 is 9.90 Å². The van der Waals surface area contributed by atoms with Gasteiger partial charge in [0.25, 0.3) is 0 Å². The standard InChI is InChI=1S/C19H30N2O2/c1-15(2)17-11-9-16(10-12-17)7-6-8-18(22)20-13-19(3,23)14-21(4)5/h6-7,9-12,15,23H,8,13-14H2,1-5H3,(H,20,22)/b7-6+. The first kappa shape index (κ1) is 19.4. The van der Waals surface area contributed by atoms with E-state index in [0.717, 1.165) is 5.56 Å². The smallest absolute Gasteiger partial charge is 0.223 e. The van der Waals surface area contributed by atoms with E-state index in [-0.39, 0.29) is 12.5 Å². The van der Waals surface area contributed by atoms with Crippen LogP contribution in [-0.2, 0) is 4.79 Å². The molecule has 0 fully saturated rings. The van der Waals surface area contributed by atoms with Gasteiger partial charge in [-0.25, -0.2) is 0 Å². The summed E-state index contributed by atoms with van der Waals surface area (Å²) in [5.74, 6) is 0.438. The second kappa shape index (κ2) is 8.85. The molecular weight excluding hydrogens is 288 g/mol. The first-order valence-corrected chi connectivity index (χ1v) is 8.10.